The molecule has 1 aliphatic rings. The normalized spacial score (nSPS) is 17.2. The van der Waals surface area contributed by atoms with E-state index in [1.165, 1.54) is 18.4 Å². The summed E-state index contributed by atoms with van der Waals surface area (Å²) in [4.78, 5) is 2.34. The van der Waals surface area contributed by atoms with Crippen molar-refractivity contribution in [3.8, 4) is 5.75 Å². The van der Waals surface area contributed by atoms with Crippen LogP contribution in [-0.2, 0) is 6.54 Å². The van der Waals surface area contributed by atoms with Gasteiger partial charge in [-0.3, -0.25) is 0 Å². The zero-order valence-corrected chi connectivity index (χ0v) is 10.8. The second-order valence-corrected chi connectivity index (χ2v) is 5.19. The summed E-state index contributed by atoms with van der Waals surface area (Å²) >= 11 is 0. The van der Waals surface area contributed by atoms with Crippen LogP contribution in [0.15, 0.2) is 24.3 Å². The first-order chi connectivity index (χ1) is 8.19. The van der Waals surface area contributed by atoms with E-state index in [-0.39, 0.29) is 0 Å². The van der Waals surface area contributed by atoms with Crippen LogP contribution in [0.3, 0.4) is 0 Å². The lowest BCUT2D eigenvalue weighted by molar-refractivity contribution is 0.255. The van der Waals surface area contributed by atoms with Crippen molar-refractivity contribution in [1.29, 1.82) is 0 Å². The maximum Gasteiger partial charge on any atom is 0.123 e. The highest BCUT2D eigenvalue weighted by atomic mass is 16.5. The van der Waals surface area contributed by atoms with E-state index in [0.717, 1.165) is 25.4 Å². The predicted octanol–water partition coefficient (Wildman–Crippen LogP) is 1.87. The molecule has 1 aromatic carbocycles. The second-order valence-electron chi connectivity index (χ2n) is 5.19. The average Bonchev–Trinajstić information content (AvgIpc) is 3.10. The third-order valence-electron chi connectivity index (χ3n) is 3.63. The van der Waals surface area contributed by atoms with E-state index in [2.05, 4.69) is 24.1 Å². The molecule has 0 spiro atoms. The summed E-state index contributed by atoms with van der Waals surface area (Å²) in [7, 11) is 3.88. The molecular formula is C14H22N2O. The molecule has 0 unspecified atom stereocenters. The molecule has 94 valence electrons. The number of benzene rings is 1. The summed E-state index contributed by atoms with van der Waals surface area (Å²) < 4.78 is 5.37. The van der Waals surface area contributed by atoms with Crippen molar-refractivity contribution in [3.63, 3.8) is 0 Å². The molecular weight excluding hydrogens is 212 g/mol. The number of hydrogen-bond acceptors (Lipinski definition) is 3. The first-order valence-electron chi connectivity index (χ1n) is 6.20. The molecule has 1 fully saturated rings. The molecule has 0 bridgehead atoms. The van der Waals surface area contributed by atoms with Gasteiger partial charge in [-0.2, -0.15) is 0 Å². The monoisotopic (exact) mass is 234 g/mol. The van der Waals surface area contributed by atoms with E-state index >= 15 is 0 Å². The van der Waals surface area contributed by atoms with Crippen LogP contribution in [0, 0.1) is 5.41 Å². The molecule has 0 atom stereocenters. The molecule has 0 saturated heterocycles. The van der Waals surface area contributed by atoms with Crippen molar-refractivity contribution < 1.29 is 4.74 Å². The fourth-order valence-corrected chi connectivity index (χ4v) is 2.36. The van der Waals surface area contributed by atoms with Gasteiger partial charge in [-0.15, -0.1) is 0 Å². The summed E-state index contributed by atoms with van der Waals surface area (Å²) in [6.07, 6.45) is 2.56. The zero-order valence-electron chi connectivity index (χ0n) is 10.8. The minimum Gasteiger partial charge on any atom is -0.496 e. The van der Waals surface area contributed by atoms with Gasteiger partial charge >= 0.3 is 0 Å². The van der Waals surface area contributed by atoms with Crippen molar-refractivity contribution in [2.75, 3.05) is 27.2 Å². The van der Waals surface area contributed by atoms with Gasteiger partial charge in [0.25, 0.3) is 0 Å². The number of methoxy groups -OCH3 is 1. The molecule has 0 amide bonds. The molecule has 2 rings (SSSR count). The Labute approximate surface area is 104 Å². The van der Waals surface area contributed by atoms with Gasteiger partial charge < -0.3 is 15.4 Å². The first kappa shape index (κ1) is 12.4. The van der Waals surface area contributed by atoms with Gasteiger partial charge in [0.1, 0.15) is 5.75 Å². The second kappa shape index (κ2) is 5.07. The Balaban J connectivity index is 1.95. The fourth-order valence-electron chi connectivity index (χ4n) is 2.36. The number of nitrogens with zero attached hydrogens (tertiary/aromatic N) is 1. The maximum absolute atomic E-state index is 5.82. The van der Waals surface area contributed by atoms with Gasteiger partial charge in [-0.05, 0) is 37.9 Å². The van der Waals surface area contributed by atoms with E-state index < -0.39 is 0 Å². The Hall–Kier alpha value is -1.06. The molecule has 3 heteroatoms. The Morgan fingerprint density at radius 1 is 1.35 bits per heavy atom. The van der Waals surface area contributed by atoms with Gasteiger partial charge in [-0.1, -0.05) is 18.2 Å². The van der Waals surface area contributed by atoms with E-state index in [1.807, 2.05) is 12.1 Å². The van der Waals surface area contributed by atoms with Crippen molar-refractivity contribution in [3.05, 3.63) is 29.8 Å². The van der Waals surface area contributed by atoms with E-state index in [1.54, 1.807) is 7.11 Å². The minimum atomic E-state index is 0.400. The lowest BCUT2D eigenvalue weighted by Crippen LogP contribution is -2.31. The minimum absolute atomic E-state index is 0.400. The van der Waals surface area contributed by atoms with Crippen LogP contribution in [0.2, 0.25) is 0 Å². The topological polar surface area (TPSA) is 38.5 Å². The van der Waals surface area contributed by atoms with E-state index in [9.17, 15) is 0 Å². The van der Waals surface area contributed by atoms with E-state index in [4.69, 9.17) is 10.5 Å². The van der Waals surface area contributed by atoms with Crippen LogP contribution >= 0.6 is 0 Å². The molecule has 2 N–H and O–H groups in total. The van der Waals surface area contributed by atoms with Crippen molar-refractivity contribution in [2.45, 2.75) is 19.4 Å². The standard InChI is InChI=1S/C14H22N2O/c1-16(11-14(10-15)7-8-14)9-12-5-3-4-6-13(12)17-2/h3-6H,7-11,15H2,1-2H3. The Kier molecular flexibility index (Phi) is 3.69. The summed E-state index contributed by atoms with van der Waals surface area (Å²) in [5, 5.41) is 0. The third kappa shape index (κ3) is 2.99. The highest BCUT2D eigenvalue weighted by Gasteiger charge is 2.41. The van der Waals surface area contributed by atoms with E-state index in [0.29, 0.717) is 5.41 Å². The van der Waals surface area contributed by atoms with Gasteiger partial charge in [0.15, 0.2) is 0 Å². The summed E-state index contributed by atoms with van der Waals surface area (Å²) in [5.41, 5.74) is 7.46. The number of nitrogens with two attached hydrogens (primary N) is 1. The van der Waals surface area contributed by atoms with Crippen molar-refractivity contribution >= 4 is 0 Å². The molecule has 1 saturated carbocycles. The van der Waals surface area contributed by atoms with Crippen molar-refractivity contribution in [1.82, 2.24) is 4.90 Å². The summed E-state index contributed by atoms with van der Waals surface area (Å²) in [6.45, 7) is 2.82. The molecule has 3 nitrogen and oxygen atoms in total. The van der Waals surface area contributed by atoms with Crippen LogP contribution in [0.4, 0.5) is 0 Å². The maximum atomic E-state index is 5.82. The molecule has 17 heavy (non-hydrogen) atoms. The van der Waals surface area contributed by atoms with Crippen LogP contribution < -0.4 is 10.5 Å². The summed E-state index contributed by atoms with van der Waals surface area (Å²) in [6, 6.07) is 8.20. The summed E-state index contributed by atoms with van der Waals surface area (Å²) in [5.74, 6) is 0.969. The lowest BCUT2D eigenvalue weighted by atomic mass is 10.1. The number of ether oxygens (including phenoxy) is 1. The molecule has 0 radical (unpaired) electrons. The lowest BCUT2D eigenvalue weighted by Gasteiger charge is -2.23. The molecule has 0 aromatic heterocycles. The fraction of sp³-hybridized carbons (Fsp3) is 0.571. The smallest absolute Gasteiger partial charge is 0.123 e. The molecule has 1 aromatic rings. The Morgan fingerprint density at radius 3 is 2.65 bits per heavy atom. The highest BCUT2D eigenvalue weighted by molar-refractivity contribution is 5.33. The third-order valence-corrected chi connectivity index (χ3v) is 3.63. The van der Waals surface area contributed by atoms with Gasteiger partial charge in [0.05, 0.1) is 7.11 Å². The number of hydrogen-bond donors (Lipinski definition) is 1. The Morgan fingerprint density at radius 2 is 2.06 bits per heavy atom. The van der Waals surface area contributed by atoms with Gasteiger partial charge in [0, 0.05) is 18.7 Å². The van der Waals surface area contributed by atoms with Crippen LogP contribution in [-0.4, -0.2) is 32.1 Å². The zero-order chi connectivity index (χ0) is 12.3. The first-order valence-corrected chi connectivity index (χ1v) is 6.20. The van der Waals surface area contributed by atoms with Crippen LogP contribution in [0.25, 0.3) is 0 Å². The average molecular weight is 234 g/mol. The van der Waals surface area contributed by atoms with Gasteiger partial charge in [0.2, 0.25) is 0 Å². The highest BCUT2D eigenvalue weighted by Crippen LogP contribution is 2.45. The number of para-hydroxylation sites is 1. The van der Waals surface area contributed by atoms with Gasteiger partial charge in [-0.25, -0.2) is 0 Å². The largest absolute Gasteiger partial charge is 0.496 e. The molecule has 1 aliphatic carbocycles. The van der Waals surface area contributed by atoms with Crippen LogP contribution in [0.5, 0.6) is 5.75 Å². The molecule has 0 heterocycles. The number of rotatable bonds is 6. The molecule has 0 aliphatic heterocycles. The van der Waals surface area contributed by atoms with Crippen molar-refractivity contribution in [2.24, 2.45) is 11.1 Å². The SMILES string of the molecule is COc1ccccc1CN(C)CC1(CN)CC1. The predicted molar refractivity (Wildman–Crippen MR) is 70.0 cm³/mol. The quantitative estimate of drug-likeness (QED) is 0.816. The van der Waals surface area contributed by atoms with Crippen LogP contribution in [0.1, 0.15) is 18.4 Å². The Bertz CT molecular complexity index is 374.